The van der Waals surface area contributed by atoms with Gasteiger partial charge in [-0.2, -0.15) is 0 Å². The first-order chi connectivity index (χ1) is 13.1. The largest absolute Gasteiger partial charge is 0.490 e. The fraction of sp³-hybridized carbons (Fsp3) is 0.0952. The van der Waals surface area contributed by atoms with Crippen LogP contribution in [0.15, 0.2) is 72.8 Å². The Bertz CT molecular complexity index is 916. The normalized spacial score (nSPS) is 10.3. The van der Waals surface area contributed by atoms with Gasteiger partial charge in [0.1, 0.15) is 24.7 Å². The number of halogens is 2. The summed E-state index contributed by atoms with van der Waals surface area (Å²) in [4.78, 5) is 12.6. The van der Waals surface area contributed by atoms with Crippen molar-refractivity contribution >= 4 is 34.8 Å². The van der Waals surface area contributed by atoms with Crippen molar-refractivity contribution in [1.29, 1.82) is 0 Å². The molecule has 0 atom stereocenters. The quantitative estimate of drug-likeness (QED) is 0.516. The lowest BCUT2D eigenvalue weighted by Crippen LogP contribution is -2.15. The molecule has 27 heavy (non-hydrogen) atoms. The lowest BCUT2D eigenvalue weighted by molar-refractivity contribution is 0.102. The van der Waals surface area contributed by atoms with Gasteiger partial charge in [0.25, 0.3) is 5.91 Å². The van der Waals surface area contributed by atoms with Gasteiger partial charge in [-0.05, 0) is 42.5 Å². The summed E-state index contributed by atoms with van der Waals surface area (Å²) < 4.78 is 11.3. The Morgan fingerprint density at radius 1 is 0.852 bits per heavy atom. The van der Waals surface area contributed by atoms with E-state index in [1.54, 1.807) is 42.5 Å². The van der Waals surface area contributed by atoms with Gasteiger partial charge in [0, 0.05) is 5.02 Å². The molecule has 0 radical (unpaired) electrons. The number of amides is 1. The van der Waals surface area contributed by atoms with Crippen LogP contribution in [0.3, 0.4) is 0 Å². The Hall–Kier alpha value is -2.69. The molecule has 6 heteroatoms. The Balaban J connectivity index is 1.61. The highest BCUT2D eigenvalue weighted by molar-refractivity contribution is 6.36. The van der Waals surface area contributed by atoms with Crippen LogP contribution in [0.5, 0.6) is 11.5 Å². The molecular formula is C21H17Cl2NO3. The van der Waals surface area contributed by atoms with Crippen LogP contribution in [0, 0.1) is 0 Å². The third kappa shape index (κ3) is 5.39. The van der Waals surface area contributed by atoms with Crippen molar-refractivity contribution in [3.63, 3.8) is 0 Å². The van der Waals surface area contributed by atoms with E-state index in [9.17, 15) is 4.79 Å². The zero-order chi connectivity index (χ0) is 19.1. The lowest BCUT2D eigenvalue weighted by Gasteiger charge is -2.13. The summed E-state index contributed by atoms with van der Waals surface area (Å²) in [7, 11) is 0. The van der Waals surface area contributed by atoms with Gasteiger partial charge in [-0.3, -0.25) is 4.79 Å². The number of hydrogen-bond acceptors (Lipinski definition) is 3. The predicted octanol–water partition coefficient (Wildman–Crippen LogP) is 5.70. The van der Waals surface area contributed by atoms with Gasteiger partial charge in [-0.1, -0.05) is 53.5 Å². The average Bonchev–Trinajstić information content (AvgIpc) is 2.68. The minimum absolute atomic E-state index is 0.306. The molecule has 0 saturated heterocycles. The summed E-state index contributed by atoms with van der Waals surface area (Å²) in [5, 5.41) is 3.64. The molecule has 0 aliphatic carbocycles. The van der Waals surface area contributed by atoms with E-state index in [0.29, 0.717) is 40.3 Å². The van der Waals surface area contributed by atoms with Crippen LogP contribution in [0.2, 0.25) is 10.0 Å². The van der Waals surface area contributed by atoms with E-state index in [-0.39, 0.29) is 5.91 Å². The van der Waals surface area contributed by atoms with E-state index >= 15 is 0 Å². The lowest BCUT2D eigenvalue weighted by atomic mass is 10.2. The van der Waals surface area contributed by atoms with Crippen molar-refractivity contribution in [1.82, 2.24) is 0 Å². The van der Waals surface area contributed by atoms with Crippen molar-refractivity contribution < 1.29 is 14.3 Å². The minimum atomic E-state index is -0.321. The van der Waals surface area contributed by atoms with Crippen LogP contribution in [0.25, 0.3) is 0 Å². The molecule has 0 aliphatic heterocycles. The number of anilines is 1. The summed E-state index contributed by atoms with van der Waals surface area (Å²) in [6, 6.07) is 21.3. The Morgan fingerprint density at radius 2 is 1.56 bits per heavy atom. The van der Waals surface area contributed by atoms with Crippen molar-refractivity contribution in [2.75, 3.05) is 18.5 Å². The molecule has 1 amide bonds. The summed E-state index contributed by atoms with van der Waals surface area (Å²) in [5.74, 6) is 0.917. The summed E-state index contributed by atoms with van der Waals surface area (Å²) in [6.07, 6.45) is 0. The molecule has 0 unspecified atom stereocenters. The van der Waals surface area contributed by atoms with Gasteiger partial charge in [0.2, 0.25) is 0 Å². The van der Waals surface area contributed by atoms with Gasteiger partial charge in [0.15, 0.2) is 0 Å². The molecule has 0 aromatic heterocycles. The molecule has 3 rings (SSSR count). The van der Waals surface area contributed by atoms with E-state index in [2.05, 4.69) is 5.32 Å². The smallest absolute Gasteiger partial charge is 0.259 e. The van der Waals surface area contributed by atoms with Crippen LogP contribution in [-0.4, -0.2) is 19.1 Å². The van der Waals surface area contributed by atoms with Crippen LogP contribution in [0.1, 0.15) is 10.4 Å². The van der Waals surface area contributed by atoms with Crippen LogP contribution >= 0.6 is 23.2 Å². The molecule has 0 saturated carbocycles. The van der Waals surface area contributed by atoms with Crippen LogP contribution in [0.4, 0.5) is 5.69 Å². The molecule has 0 aliphatic rings. The second-order valence-electron chi connectivity index (χ2n) is 5.58. The van der Waals surface area contributed by atoms with E-state index in [0.717, 1.165) is 5.75 Å². The first-order valence-corrected chi connectivity index (χ1v) is 9.05. The third-order valence-electron chi connectivity index (χ3n) is 3.66. The second-order valence-corrected chi connectivity index (χ2v) is 6.43. The van der Waals surface area contributed by atoms with Crippen molar-refractivity contribution in [3.8, 4) is 11.5 Å². The molecular weight excluding hydrogens is 385 g/mol. The van der Waals surface area contributed by atoms with E-state index in [4.69, 9.17) is 32.7 Å². The van der Waals surface area contributed by atoms with E-state index in [1.807, 2.05) is 30.3 Å². The maximum atomic E-state index is 12.6. The predicted molar refractivity (Wildman–Crippen MR) is 108 cm³/mol. The van der Waals surface area contributed by atoms with Gasteiger partial charge in [-0.25, -0.2) is 0 Å². The van der Waals surface area contributed by atoms with Crippen molar-refractivity contribution in [2.45, 2.75) is 0 Å². The van der Waals surface area contributed by atoms with Gasteiger partial charge < -0.3 is 14.8 Å². The molecule has 0 spiro atoms. The summed E-state index contributed by atoms with van der Waals surface area (Å²) in [6.45, 7) is 0.671. The Morgan fingerprint density at radius 3 is 2.33 bits per heavy atom. The number of benzene rings is 3. The van der Waals surface area contributed by atoms with Gasteiger partial charge >= 0.3 is 0 Å². The standard InChI is InChI=1S/C21H17Cl2NO3/c22-15-10-11-19(18(23)14-15)24-21(25)17-8-4-5-9-20(17)27-13-12-26-16-6-2-1-3-7-16/h1-11,14H,12-13H2,(H,24,25). The zero-order valence-corrected chi connectivity index (χ0v) is 15.8. The highest BCUT2D eigenvalue weighted by Gasteiger charge is 2.14. The number of rotatable bonds is 7. The monoisotopic (exact) mass is 401 g/mol. The Kier molecular flexibility index (Phi) is 6.58. The number of ether oxygens (including phenoxy) is 2. The molecule has 0 fully saturated rings. The van der Waals surface area contributed by atoms with Crippen molar-refractivity contribution in [3.05, 3.63) is 88.4 Å². The first-order valence-electron chi connectivity index (χ1n) is 8.29. The average molecular weight is 402 g/mol. The second kappa shape index (κ2) is 9.31. The highest BCUT2D eigenvalue weighted by Crippen LogP contribution is 2.27. The molecule has 0 heterocycles. The fourth-order valence-corrected chi connectivity index (χ4v) is 2.84. The molecule has 0 bridgehead atoms. The molecule has 3 aromatic rings. The number of carbonyl (C=O) groups is 1. The molecule has 4 nitrogen and oxygen atoms in total. The fourth-order valence-electron chi connectivity index (χ4n) is 2.39. The number of para-hydroxylation sites is 2. The highest BCUT2D eigenvalue weighted by atomic mass is 35.5. The van der Waals surface area contributed by atoms with E-state index < -0.39 is 0 Å². The summed E-state index contributed by atoms with van der Waals surface area (Å²) >= 11 is 12.0. The number of carbonyl (C=O) groups excluding carboxylic acids is 1. The first kappa shape index (κ1) is 19.1. The molecule has 138 valence electrons. The topological polar surface area (TPSA) is 47.6 Å². The maximum Gasteiger partial charge on any atom is 0.259 e. The SMILES string of the molecule is O=C(Nc1ccc(Cl)cc1Cl)c1ccccc1OCCOc1ccccc1. The van der Waals surface area contributed by atoms with E-state index in [1.165, 1.54) is 0 Å². The number of nitrogens with one attached hydrogen (secondary N) is 1. The van der Waals surface area contributed by atoms with Gasteiger partial charge in [0.05, 0.1) is 16.3 Å². The molecule has 3 aromatic carbocycles. The molecule has 1 N–H and O–H groups in total. The maximum absolute atomic E-state index is 12.6. The zero-order valence-electron chi connectivity index (χ0n) is 14.3. The summed E-state index contributed by atoms with van der Waals surface area (Å²) in [5.41, 5.74) is 0.886. The van der Waals surface area contributed by atoms with Crippen molar-refractivity contribution in [2.24, 2.45) is 0 Å². The third-order valence-corrected chi connectivity index (χ3v) is 4.21. The van der Waals surface area contributed by atoms with Gasteiger partial charge in [-0.15, -0.1) is 0 Å². The Labute approximate surface area is 167 Å². The van der Waals surface area contributed by atoms with Crippen LogP contribution < -0.4 is 14.8 Å². The van der Waals surface area contributed by atoms with Crippen LogP contribution in [-0.2, 0) is 0 Å². The number of hydrogen-bond donors (Lipinski definition) is 1. The minimum Gasteiger partial charge on any atom is -0.490 e.